The van der Waals surface area contributed by atoms with Crippen LogP contribution in [0.15, 0.2) is 24.3 Å². The average molecular weight is 376 g/mol. The van der Waals surface area contributed by atoms with Crippen LogP contribution in [0.3, 0.4) is 0 Å². The molecular formula is C20H28N2O5. The molecule has 1 aliphatic rings. The molecule has 7 nitrogen and oxygen atoms in total. The van der Waals surface area contributed by atoms with Crippen molar-refractivity contribution in [1.29, 1.82) is 0 Å². The van der Waals surface area contributed by atoms with Crippen molar-refractivity contribution < 1.29 is 24.3 Å². The number of Topliss-reactive ketones (excluding diaryl/α,β-unsaturated/α-hetero) is 1. The first-order valence-corrected chi connectivity index (χ1v) is 9.27. The number of hydroxylamine groups is 1. The van der Waals surface area contributed by atoms with Gasteiger partial charge in [0.2, 0.25) is 11.8 Å². The van der Waals surface area contributed by atoms with Crippen molar-refractivity contribution in [2.75, 3.05) is 14.2 Å². The Hall–Kier alpha value is -2.41. The van der Waals surface area contributed by atoms with Crippen LogP contribution in [0.2, 0.25) is 0 Å². The van der Waals surface area contributed by atoms with E-state index in [0.717, 1.165) is 24.2 Å². The first-order valence-electron chi connectivity index (χ1n) is 9.27. The van der Waals surface area contributed by atoms with E-state index in [9.17, 15) is 14.4 Å². The van der Waals surface area contributed by atoms with Gasteiger partial charge in [-0.2, -0.15) is 0 Å². The number of rotatable bonds is 10. The summed E-state index contributed by atoms with van der Waals surface area (Å²) in [5.74, 6) is -1.55. The number of methoxy groups -OCH3 is 1. The number of ether oxygens (including phenoxy) is 1. The predicted octanol–water partition coefficient (Wildman–Crippen LogP) is 1.73. The fourth-order valence-electron chi connectivity index (χ4n) is 3.82. The van der Waals surface area contributed by atoms with E-state index in [1.165, 1.54) is 0 Å². The number of hydrogen-bond donors (Lipinski definition) is 3. The normalized spacial score (nSPS) is 21.9. The van der Waals surface area contributed by atoms with Gasteiger partial charge in [0.1, 0.15) is 11.5 Å². The Morgan fingerprint density at radius 3 is 2.37 bits per heavy atom. The molecule has 0 spiro atoms. The lowest BCUT2D eigenvalue weighted by atomic mass is 9.91. The van der Waals surface area contributed by atoms with Crippen molar-refractivity contribution in [3.63, 3.8) is 0 Å². The molecule has 1 saturated carbocycles. The number of carbonyl (C=O) groups excluding carboxylic acids is 3. The van der Waals surface area contributed by atoms with Crippen LogP contribution >= 0.6 is 0 Å². The molecular weight excluding hydrogens is 348 g/mol. The van der Waals surface area contributed by atoms with E-state index >= 15 is 0 Å². The lowest BCUT2D eigenvalue weighted by molar-refractivity contribution is -0.133. The first-order chi connectivity index (χ1) is 13.0. The molecule has 0 aromatic heterocycles. The van der Waals surface area contributed by atoms with Crippen molar-refractivity contribution in [2.45, 2.75) is 32.6 Å². The third-order valence-corrected chi connectivity index (χ3v) is 5.28. The molecule has 3 N–H and O–H groups in total. The van der Waals surface area contributed by atoms with Gasteiger partial charge in [-0.15, -0.1) is 0 Å². The monoisotopic (exact) mass is 376 g/mol. The van der Waals surface area contributed by atoms with Gasteiger partial charge in [-0.3, -0.25) is 19.6 Å². The summed E-state index contributed by atoms with van der Waals surface area (Å²) in [6, 6.07) is 7.38. The van der Waals surface area contributed by atoms with Crippen LogP contribution in [0.4, 0.5) is 0 Å². The zero-order valence-electron chi connectivity index (χ0n) is 16.0. The molecule has 0 unspecified atom stereocenters. The van der Waals surface area contributed by atoms with Crippen LogP contribution in [0.25, 0.3) is 0 Å². The van der Waals surface area contributed by atoms with E-state index in [-0.39, 0.29) is 24.0 Å². The van der Waals surface area contributed by atoms with Gasteiger partial charge >= 0.3 is 0 Å². The Morgan fingerprint density at radius 2 is 1.85 bits per heavy atom. The highest BCUT2D eigenvalue weighted by Gasteiger charge is 2.57. The second kappa shape index (κ2) is 9.50. The average Bonchev–Trinajstić information content (AvgIpc) is 3.41. The van der Waals surface area contributed by atoms with E-state index < -0.39 is 23.7 Å². The summed E-state index contributed by atoms with van der Waals surface area (Å²) in [4.78, 5) is 36.9. The summed E-state index contributed by atoms with van der Waals surface area (Å²) < 4.78 is 5.13. The van der Waals surface area contributed by atoms with E-state index in [4.69, 9.17) is 9.94 Å². The van der Waals surface area contributed by atoms with Crippen LogP contribution < -0.4 is 15.5 Å². The minimum atomic E-state index is -0.515. The van der Waals surface area contributed by atoms with E-state index in [1.54, 1.807) is 19.6 Å². The number of nitrogens with one attached hydrogen (secondary N) is 2. The summed E-state index contributed by atoms with van der Waals surface area (Å²) >= 11 is 0. The number of amides is 2. The fraction of sp³-hybridized carbons (Fsp3) is 0.550. The largest absolute Gasteiger partial charge is 0.497 e. The second-order valence-corrected chi connectivity index (χ2v) is 7.01. The predicted molar refractivity (Wildman–Crippen MR) is 99.2 cm³/mol. The minimum absolute atomic E-state index is 0.0547. The molecule has 0 radical (unpaired) electrons. The Kier molecular flexibility index (Phi) is 7.36. The lowest BCUT2D eigenvalue weighted by Gasteiger charge is -2.15. The minimum Gasteiger partial charge on any atom is -0.497 e. The van der Waals surface area contributed by atoms with Crippen molar-refractivity contribution in [1.82, 2.24) is 10.8 Å². The van der Waals surface area contributed by atoms with E-state index in [1.807, 2.05) is 31.2 Å². The summed E-state index contributed by atoms with van der Waals surface area (Å²) in [5.41, 5.74) is 2.59. The summed E-state index contributed by atoms with van der Waals surface area (Å²) in [6.45, 7) is 1.99. The van der Waals surface area contributed by atoms with Gasteiger partial charge in [-0.1, -0.05) is 25.5 Å². The van der Waals surface area contributed by atoms with Crippen LogP contribution in [-0.2, 0) is 20.8 Å². The summed E-state index contributed by atoms with van der Waals surface area (Å²) in [6.07, 6.45) is 2.11. The topological polar surface area (TPSA) is 105 Å². The molecule has 0 heterocycles. The Bertz CT molecular complexity index is 673. The molecule has 1 fully saturated rings. The quantitative estimate of drug-likeness (QED) is 0.426. The number of carbonyl (C=O) groups is 3. The Balaban J connectivity index is 2.07. The van der Waals surface area contributed by atoms with Crippen LogP contribution in [0, 0.1) is 23.7 Å². The van der Waals surface area contributed by atoms with Crippen LogP contribution in [0.5, 0.6) is 5.75 Å². The van der Waals surface area contributed by atoms with Gasteiger partial charge in [0.25, 0.3) is 0 Å². The Labute approximate surface area is 159 Å². The third kappa shape index (κ3) is 5.07. The van der Waals surface area contributed by atoms with Crippen molar-refractivity contribution in [2.24, 2.45) is 23.7 Å². The molecule has 148 valence electrons. The molecule has 2 rings (SSSR count). The molecule has 0 saturated heterocycles. The zero-order chi connectivity index (χ0) is 20.0. The zero-order valence-corrected chi connectivity index (χ0v) is 16.0. The molecule has 1 aromatic rings. The highest BCUT2D eigenvalue weighted by Crippen LogP contribution is 2.50. The molecule has 7 heteroatoms. The van der Waals surface area contributed by atoms with E-state index in [0.29, 0.717) is 6.42 Å². The van der Waals surface area contributed by atoms with Gasteiger partial charge in [0.15, 0.2) is 0 Å². The van der Waals surface area contributed by atoms with Gasteiger partial charge < -0.3 is 10.1 Å². The third-order valence-electron chi connectivity index (χ3n) is 5.28. The SMILES string of the molecule is CCC[C@@H]1[C@H](C(=O)C[C@@H](Cc2ccc(OC)cc2)C(=O)NC)[C@H]1C(=O)NO. The van der Waals surface area contributed by atoms with Crippen LogP contribution in [-0.4, -0.2) is 37.0 Å². The second-order valence-electron chi connectivity index (χ2n) is 7.01. The lowest BCUT2D eigenvalue weighted by Crippen LogP contribution is -2.31. The van der Waals surface area contributed by atoms with Gasteiger partial charge in [-0.25, -0.2) is 5.48 Å². The fourth-order valence-corrected chi connectivity index (χ4v) is 3.82. The van der Waals surface area contributed by atoms with Gasteiger partial charge in [-0.05, 0) is 36.5 Å². The van der Waals surface area contributed by atoms with Gasteiger partial charge in [0.05, 0.1) is 13.0 Å². The standard InChI is InChI=1S/C20H28N2O5/c1-4-5-15-17(18(15)20(25)22-26)16(23)11-13(19(24)21-2)10-12-6-8-14(27-3)9-7-12/h6-9,13,15,17-18,26H,4-5,10-11H2,1-3H3,(H,21,24)(H,22,25)/t13-,15-,17-,18+/m1/s1. The number of hydrogen-bond acceptors (Lipinski definition) is 5. The van der Waals surface area contributed by atoms with Crippen molar-refractivity contribution in [3.8, 4) is 5.75 Å². The highest BCUT2D eigenvalue weighted by atomic mass is 16.5. The van der Waals surface area contributed by atoms with E-state index in [2.05, 4.69) is 5.32 Å². The summed E-state index contributed by atoms with van der Waals surface area (Å²) in [7, 11) is 3.13. The maximum atomic E-state index is 12.8. The number of ketones is 1. The molecule has 1 aliphatic carbocycles. The van der Waals surface area contributed by atoms with Crippen LogP contribution in [0.1, 0.15) is 31.7 Å². The molecule has 0 bridgehead atoms. The molecule has 2 amide bonds. The molecule has 0 aliphatic heterocycles. The highest BCUT2D eigenvalue weighted by molar-refractivity contribution is 5.96. The molecule has 4 atom stereocenters. The maximum Gasteiger partial charge on any atom is 0.247 e. The molecule has 1 aromatic carbocycles. The van der Waals surface area contributed by atoms with Crippen molar-refractivity contribution in [3.05, 3.63) is 29.8 Å². The molecule has 27 heavy (non-hydrogen) atoms. The number of benzene rings is 1. The Morgan fingerprint density at radius 1 is 1.19 bits per heavy atom. The summed E-state index contributed by atoms with van der Waals surface area (Å²) in [5, 5.41) is 11.5. The smallest absolute Gasteiger partial charge is 0.247 e. The van der Waals surface area contributed by atoms with Crippen molar-refractivity contribution >= 4 is 17.6 Å². The first kappa shape index (κ1) is 20.9. The van der Waals surface area contributed by atoms with Gasteiger partial charge in [0, 0.05) is 25.3 Å². The maximum absolute atomic E-state index is 12.8.